The van der Waals surface area contributed by atoms with Crippen LogP contribution in [0.25, 0.3) is 0 Å². The fourth-order valence-electron chi connectivity index (χ4n) is 1.09. The summed E-state index contributed by atoms with van der Waals surface area (Å²) in [5.74, 6) is 0.790. The highest BCUT2D eigenvalue weighted by Crippen LogP contribution is 2.28. The molecule has 0 saturated carbocycles. The van der Waals surface area contributed by atoms with Gasteiger partial charge in [0.2, 0.25) is 0 Å². The number of nitrogens with zero attached hydrogens (tertiary/aromatic N) is 1. The summed E-state index contributed by atoms with van der Waals surface area (Å²) in [5.41, 5.74) is 1.03. The van der Waals surface area contributed by atoms with Crippen molar-refractivity contribution in [2.75, 3.05) is 25.6 Å². The average Bonchev–Trinajstić information content (AvgIpc) is 2.16. The number of halogens is 1. The lowest BCUT2D eigenvalue weighted by atomic mass is 10.3. The van der Waals surface area contributed by atoms with E-state index in [1.807, 2.05) is 25.2 Å². The fraction of sp³-hybridized carbons (Fsp3) is 0.400. The highest BCUT2D eigenvalue weighted by atomic mass is 35.5. The van der Waals surface area contributed by atoms with Gasteiger partial charge in [0.1, 0.15) is 5.75 Å². The fourth-order valence-corrected chi connectivity index (χ4v) is 1.41. The monoisotopic (exact) mass is 199 g/mol. The molecule has 0 N–H and O–H groups in total. The Hall–Kier alpha value is -0.890. The maximum Gasteiger partial charge on any atom is 0.120 e. The zero-order valence-corrected chi connectivity index (χ0v) is 8.93. The summed E-state index contributed by atoms with van der Waals surface area (Å²) in [5, 5.41) is 0.726. The molecule has 3 heteroatoms. The average molecular weight is 200 g/mol. The molecule has 13 heavy (non-hydrogen) atoms. The maximum atomic E-state index is 6.06. The van der Waals surface area contributed by atoms with E-state index in [0.29, 0.717) is 0 Å². The molecule has 0 aliphatic carbocycles. The molecule has 1 aromatic carbocycles. The normalized spacial score (nSPS) is 9.85. The first-order valence-corrected chi connectivity index (χ1v) is 4.61. The van der Waals surface area contributed by atoms with Gasteiger partial charge in [-0.25, -0.2) is 0 Å². The molecule has 0 aliphatic heterocycles. The molecule has 0 saturated heterocycles. The molecule has 0 spiro atoms. The van der Waals surface area contributed by atoms with Crippen LogP contribution in [0.1, 0.15) is 6.92 Å². The number of hydrogen-bond donors (Lipinski definition) is 0. The highest BCUT2D eigenvalue weighted by molar-refractivity contribution is 6.33. The third-order valence-corrected chi connectivity index (χ3v) is 2.34. The number of methoxy groups -OCH3 is 1. The molecule has 0 fully saturated rings. The van der Waals surface area contributed by atoms with Crippen LogP contribution in [0.2, 0.25) is 5.02 Å². The van der Waals surface area contributed by atoms with Crippen molar-refractivity contribution < 1.29 is 4.74 Å². The third-order valence-electron chi connectivity index (χ3n) is 2.04. The van der Waals surface area contributed by atoms with Gasteiger partial charge < -0.3 is 9.64 Å². The number of anilines is 1. The Morgan fingerprint density at radius 2 is 2.15 bits per heavy atom. The van der Waals surface area contributed by atoms with E-state index in [0.717, 1.165) is 23.0 Å². The first kappa shape index (κ1) is 10.2. The van der Waals surface area contributed by atoms with E-state index in [1.165, 1.54) is 0 Å². The smallest absolute Gasteiger partial charge is 0.120 e. The Labute approximate surface area is 84.1 Å². The van der Waals surface area contributed by atoms with E-state index in [2.05, 4.69) is 11.8 Å². The summed E-state index contributed by atoms with van der Waals surface area (Å²) < 4.78 is 5.06. The molecule has 0 radical (unpaired) electrons. The van der Waals surface area contributed by atoms with Crippen molar-refractivity contribution in [3.8, 4) is 5.75 Å². The highest BCUT2D eigenvalue weighted by Gasteiger charge is 2.04. The van der Waals surface area contributed by atoms with Crippen molar-refractivity contribution in [3.63, 3.8) is 0 Å². The number of ether oxygens (including phenoxy) is 1. The van der Waals surface area contributed by atoms with Gasteiger partial charge in [-0.05, 0) is 19.1 Å². The first-order chi connectivity index (χ1) is 6.19. The predicted molar refractivity (Wildman–Crippen MR) is 56.9 cm³/mol. The van der Waals surface area contributed by atoms with Crippen LogP contribution in [0.3, 0.4) is 0 Å². The van der Waals surface area contributed by atoms with Crippen LogP contribution in [0.4, 0.5) is 5.69 Å². The van der Waals surface area contributed by atoms with Crippen molar-refractivity contribution in [2.45, 2.75) is 6.92 Å². The minimum atomic E-state index is 0.726. The minimum absolute atomic E-state index is 0.726. The van der Waals surface area contributed by atoms with Gasteiger partial charge in [0.15, 0.2) is 0 Å². The van der Waals surface area contributed by atoms with Gasteiger partial charge in [0.25, 0.3) is 0 Å². The molecule has 0 heterocycles. The Bertz CT molecular complexity index is 288. The zero-order valence-electron chi connectivity index (χ0n) is 8.17. The van der Waals surface area contributed by atoms with Crippen LogP contribution in [0.5, 0.6) is 5.75 Å². The zero-order chi connectivity index (χ0) is 9.84. The maximum absolute atomic E-state index is 6.06. The van der Waals surface area contributed by atoms with Crippen LogP contribution < -0.4 is 9.64 Å². The predicted octanol–water partition coefficient (Wildman–Crippen LogP) is 2.80. The van der Waals surface area contributed by atoms with Crippen LogP contribution in [-0.4, -0.2) is 20.7 Å². The van der Waals surface area contributed by atoms with Gasteiger partial charge >= 0.3 is 0 Å². The van der Waals surface area contributed by atoms with Crippen molar-refractivity contribution in [2.24, 2.45) is 0 Å². The number of hydrogen-bond acceptors (Lipinski definition) is 2. The largest absolute Gasteiger partial charge is 0.497 e. The second-order valence-corrected chi connectivity index (χ2v) is 3.24. The Balaban J connectivity index is 2.98. The number of rotatable bonds is 3. The molecular formula is C10H14ClNO. The van der Waals surface area contributed by atoms with Crippen molar-refractivity contribution >= 4 is 17.3 Å². The van der Waals surface area contributed by atoms with Gasteiger partial charge in [0.05, 0.1) is 17.8 Å². The molecule has 0 atom stereocenters. The summed E-state index contributed by atoms with van der Waals surface area (Å²) in [6, 6.07) is 5.70. The van der Waals surface area contributed by atoms with Crippen molar-refractivity contribution in [1.82, 2.24) is 0 Å². The molecule has 1 rings (SSSR count). The van der Waals surface area contributed by atoms with E-state index in [4.69, 9.17) is 16.3 Å². The Morgan fingerprint density at radius 3 is 2.62 bits per heavy atom. The van der Waals surface area contributed by atoms with E-state index in [-0.39, 0.29) is 0 Å². The van der Waals surface area contributed by atoms with Crippen LogP contribution >= 0.6 is 11.6 Å². The summed E-state index contributed by atoms with van der Waals surface area (Å²) >= 11 is 6.06. The van der Waals surface area contributed by atoms with Gasteiger partial charge in [-0.3, -0.25) is 0 Å². The lowest BCUT2D eigenvalue weighted by Gasteiger charge is -2.18. The van der Waals surface area contributed by atoms with Gasteiger partial charge in [0, 0.05) is 19.7 Å². The van der Waals surface area contributed by atoms with Crippen LogP contribution in [0.15, 0.2) is 18.2 Å². The van der Waals surface area contributed by atoms with E-state index in [9.17, 15) is 0 Å². The quantitative estimate of drug-likeness (QED) is 0.743. The standard InChI is InChI=1S/C10H14ClNO/c1-4-12(2)10-6-5-8(13-3)7-9(10)11/h5-7H,4H2,1-3H3. The topological polar surface area (TPSA) is 12.5 Å². The molecule has 0 unspecified atom stereocenters. The SMILES string of the molecule is CCN(C)c1ccc(OC)cc1Cl. The summed E-state index contributed by atoms with van der Waals surface area (Å²) in [6.07, 6.45) is 0. The van der Waals surface area contributed by atoms with Gasteiger partial charge in [-0.1, -0.05) is 11.6 Å². The van der Waals surface area contributed by atoms with Crippen molar-refractivity contribution in [3.05, 3.63) is 23.2 Å². The van der Waals surface area contributed by atoms with Crippen LogP contribution in [0, 0.1) is 0 Å². The molecule has 0 aliphatic rings. The molecule has 1 aromatic rings. The first-order valence-electron chi connectivity index (χ1n) is 4.23. The Kier molecular flexibility index (Phi) is 3.43. The third kappa shape index (κ3) is 2.28. The molecule has 2 nitrogen and oxygen atoms in total. The molecule has 0 amide bonds. The number of benzene rings is 1. The molecule has 0 aromatic heterocycles. The molecule has 72 valence electrons. The van der Waals surface area contributed by atoms with E-state index >= 15 is 0 Å². The minimum Gasteiger partial charge on any atom is -0.497 e. The van der Waals surface area contributed by atoms with Gasteiger partial charge in [-0.15, -0.1) is 0 Å². The summed E-state index contributed by atoms with van der Waals surface area (Å²) in [4.78, 5) is 2.09. The van der Waals surface area contributed by atoms with Gasteiger partial charge in [-0.2, -0.15) is 0 Å². The van der Waals surface area contributed by atoms with Crippen molar-refractivity contribution in [1.29, 1.82) is 0 Å². The second-order valence-electron chi connectivity index (χ2n) is 2.83. The summed E-state index contributed by atoms with van der Waals surface area (Å²) in [6.45, 7) is 3.02. The molecule has 0 bridgehead atoms. The second kappa shape index (κ2) is 4.38. The molecular weight excluding hydrogens is 186 g/mol. The van der Waals surface area contributed by atoms with E-state index in [1.54, 1.807) is 7.11 Å². The lowest BCUT2D eigenvalue weighted by molar-refractivity contribution is 0.415. The van der Waals surface area contributed by atoms with Crippen LogP contribution in [-0.2, 0) is 0 Å². The summed E-state index contributed by atoms with van der Waals surface area (Å²) in [7, 11) is 3.64. The Morgan fingerprint density at radius 1 is 1.46 bits per heavy atom. The lowest BCUT2D eigenvalue weighted by Crippen LogP contribution is -2.15. The van der Waals surface area contributed by atoms with E-state index < -0.39 is 0 Å².